The van der Waals surface area contributed by atoms with Crippen molar-refractivity contribution in [2.45, 2.75) is 47.7 Å². The predicted octanol–water partition coefficient (Wildman–Crippen LogP) is 4.56. The van der Waals surface area contributed by atoms with Crippen LogP contribution in [0.25, 0.3) is 33.2 Å². The van der Waals surface area contributed by atoms with E-state index in [0.29, 0.717) is 16.8 Å². The zero-order chi connectivity index (χ0) is 30.9. The number of fused-ring (bicyclic) bond motifs is 3. The van der Waals surface area contributed by atoms with Gasteiger partial charge in [-0.2, -0.15) is 0 Å². The second-order valence-corrected chi connectivity index (χ2v) is 13.4. The fourth-order valence-electron chi connectivity index (χ4n) is 6.23. The summed E-state index contributed by atoms with van der Waals surface area (Å²) in [5.41, 5.74) is 2.75. The van der Waals surface area contributed by atoms with E-state index in [1.54, 1.807) is 13.1 Å². The van der Waals surface area contributed by atoms with Gasteiger partial charge in [0.15, 0.2) is 9.84 Å². The van der Waals surface area contributed by atoms with Crippen LogP contribution in [-0.4, -0.2) is 68.7 Å². The first-order chi connectivity index (χ1) is 20.2. The molecule has 7 nitrogen and oxygen atoms in total. The lowest BCUT2D eigenvalue weighted by Crippen LogP contribution is -2.30. The first kappa shape index (κ1) is 29.5. The van der Waals surface area contributed by atoms with E-state index in [0.717, 1.165) is 17.9 Å². The van der Waals surface area contributed by atoms with Crippen molar-refractivity contribution >= 4 is 55.3 Å². The van der Waals surface area contributed by atoms with E-state index in [4.69, 9.17) is 23.5 Å². The first-order valence-electron chi connectivity index (χ1n) is 13.7. The summed E-state index contributed by atoms with van der Waals surface area (Å²) >= 11 is 0. The monoisotopic (exact) mass is 597 g/mol. The zero-order valence-electron chi connectivity index (χ0n) is 23.5. The van der Waals surface area contributed by atoms with Crippen LogP contribution in [0.15, 0.2) is 59.6 Å². The number of alkyl halides is 2. The molecule has 14 heteroatoms. The van der Waals surface area contributed by atoms with Crippen molar-refractivity contribution < 1.29 is 21.6 Å². The van der Waals surface area contributed by atoms with Crippen LogP contribution in [0.3, 0.4) is 0 Å². The number of aryl methyl sites for hydroxylation is 1. The van der Waals surface area contributed by atoms with E-state index in [1.165, 1.54) is 16.9 Å². The second-order valence-electron chi connectivity index (χ2n) is 11.4. The summed E-state index contributed by atoms with van der Waals surface area (Å²) in [6.07, 6.45) is 2.33. The van der Waals surface area contributed by atoms with Crippen LogP contribution in [0.2, 0.25) is 0 Å². The molecule has 0 N–H and O–H groups in total. The summed E-state index contributed by atoms with van der Waals surface area (Å²) in [7, 11) is 15.8. The van der Waals surface area contributed by atoms with E-state index < -0.39 is 32.7 Å². The number of nitrogens with zero attached hydrogens (tertiary/aromatic N) is 5. The summed E-state index contributed by atoms with van der Waals surface area (Å²) in [6.45, 7) is 0. The number of rotatable bonds is 6. The molecule has 1 fully saturated rings. The fourth-order valence-corrected chi connectivity index (χ4v) is 6.87. The maximum absolute atomic E-state index is 15.9. The molecule has 1 saturated carbocycles. The number of sulfone groups is 1. The van der Waals surface area contributed by atoms with Crippen molar-refractivity contribution in [2.24, 2.45) is 13.0 Å². The lowest BCUT2D eigenvalue weighted by molar-refractivity contribution is -0.0493. The molecular formula is C29H25B3F3N5O2S. The van der Waals surface area contributed by atoms with Gasteiger partial charge in [-0.3, -0.25) is 4.98 Å². The van der Waals surface area contributed by atoms with Crippen LogP contribution in [0.1, 0.15) is 43.0 Å². The van der Waals surface area contributed by atoms with Crippen molar-refractivity contribution in [3.8, 4) is 11.3 Å². The lowest BCUT2D eigenvalue weighted by atomic mass is 9.41. The molecule has 3 heterocycles. The van der Waals surface area contributed by atoms with Gasteiger partial charge in [0.05, 0.1) is 67.8 Å². The van der Waals surface area contributed by atoms with E-state index in [1.807, 2.05) is 34.9 Å². The molecule has 6 rings (SSSR count). The summed E-state index contributed by atoms with van der Waals surface area (Å²) < 4.78 is 73.1. The Bertz CT molecular complexity index is 1960. The third kappa shape index (κ3) is 5.28. The van der Waals surface area contributed by atoms with Crippen LogP contribution in [0.5, 0.6) is 0 Å². The van der Waals surface area contributed by atoms with Crippen molar-refractivity contribution in [3.05, 3.63) is 71.8 Å². The van der Waals surface area contributed by atoms with Crippen LogP contribution in [0.4, 0.5) is 13.2 Å². The van der Waals surface area contributed by atoms with Gasteiger partial charge < -0.3 is 4.57 Å². The molecule has 2 aromatic carbocycles. The topological polar surface area (TPSA) is 82.7 Å². The largest absolute Gasteiger partial charge is 0.331 e. The number of hydrogen-bond acceptors (Lipinski definition) is 5. The summed E-state index contributed by atoms with van der Waals surface area (Å²) in [5.74, 6) is -3.81. The minimum absolute atomic E-state index is 0.0958. The van der Waals surface area contributed by atoms with Gasteiger partial charge in [0.25, 0.3) is 0 Å². The highest BCUT2D eigenvalue weighted by Gasteiger charge is 2.40. The van der Waals surface area contributed by atoms with Gasteiger partial charge in [-0.1, -0.05) is 40.7 Å². The highest BCUT2D eigenvalue weighted by atomic mass is 32.2. The maximum atomic E-state index is 15.9. The highest BCUT2D eigenvalue weighted by molar-refractivity contribution is 7.90. The molecule has 1 aliphatic carbocycles. The van der Waals surface area contributed by atoms with E-state index in [-0.39, 0.29) is 58.6 Å². The zero-order valence-corrected chi connectivity index (χ0v) is 24.3. The van der Waals surface area contributed by atoms with E-state index in [2.05, 4.69) is 15.3 Å². The Morgan fingerprint density at radius 1 is 1.05 bits per heavy atom. The third-order valence-corrected chi connectivity index (χ3v) is 9.32. The lowest BCUT2D eigenvalue weighted by Gasteiger charge is -2.35. The number of halogens is 3. The Morgan fingerprint density at radius 2 is 1.72 bits per heavy atom. The number of hydrogen-bond donors (Lipinski definition) is 0. The average molecular weight is 597 g/mol. The Labute approximate surface area is 251 Å². The minimum Gasteiger partial charge on any atom is -0.331 e. The van der Waals surface area contributed by atoms with Gasteiger partial charge in [-0.25, -0.2) is 26.3 Å². The molecule has 214 valence electrons. The highest BCUT2D eigenvalue weighted by Crippen LogP contribution is 2.46. The molecule has 0 saturated heterocycles. The molecule has 5 aromatic rings. The van der Waals surface area contributed by atoms with Gasteiger partial charge in [0, 0.05) is 37.9 Å². The molecule has 1 unspecified atom stereocenters. The number of pyridine rings is 1. The van der Waals surface area contributed by atoms with Crippen LogP contribution in [-0.2, 0) is 22.0 Å². The van der Waals surface area contributed by atoms with Crippen LogP contribution < -0.4 is 0 Å². The fraction of sp³-hybridized carbons (Fsp3) is 0.345. The number of benzene rings is 2. The molecular weight excluding hydrogens is 572 g/mol. The predicted molar refractivity (Wildman–Crippen MR) is 161 cm³/mol. The Balaban J connectivity index is 1.71. The molecule has 0 spiro atoms. The first-order valence-corrected chi connectivity index (χ1v) is 15.6. The van der Waals surface area contributed by atoms with Gasteiger partial charge in [0.2, 0.25) is 5.92 Å². The smallest absolute Gasteiger partial charge is 0.248 e. The Kier molecular flexibility index (Phi) is 7.06. The van der Waals surface area contributed by atoms with Crippen molar-refractivity contribution in [3.63, 3.8) is 0 Å². The van der Waals surface area contributed by atoms with Crippen LogP contribution >= 0.6 is 0 Å². The standard InChI is InChI=1S/C29H25B3F3N5O2S/c1-39-26(27(37-38-39)29(30,31)32)18-12-22-24(36-15-18)23-20(33)13-19(43(2,41)42)14-21(23)40(22)25(16-6-4-3-5-7-16)17-8-10-28(34,35)11-9-17/h3-7,12-15,17,25H,8-11H2,1-2H3. The van der Waals surface area contributed by atoms with Crippen LogP contribution in [0, 0.1) is 11.7 Å². The number of aromatic nitrogens is 5. The Morgan fingerprint density at radius 3 is 2.35 bits per heavy atom. The van der Waals surface area contributed by atoms with Crippen molar-refractivity contribution in [2.75, 3.05) is 6.26 Å². The molecule has 0 amide bonds. The molecule has 6 radical (unpaired) electrons. The van der Waals surface area contributed by atoms with E-state index >= 15 is 4.39 Å². The quantitative estimate of drug-likeness (QED) is 0.269. The second kappa shape index (κ2) is 10.3. The third-order valence-electron chi connectivity index (χ3n) is 8.23. The van der Waals surface area contributed by atoms with Gasteiger partial charge in [-0.05, 0) is 42.5 Å². The minimum atomic E-state index is -3.81. The SMILES string of the molecule is [B]C([B])([B])c1nnn(C)c1-c1cnc2c3c(F)cc(S(C)(=O)=O)cc3n(C(c3ccccc3)C3CCC(F)(F)CC3)c2c1. The molecule has 0 bridgehead atoms. The maximum Gasteiger partial charge on any atom is 0.248 e. The summed E-state index contributed by atoms with van der Waals surface area (Å²) in [4.78, 5) is 4.42. The van der Waals surface area contributed by atoms with Crippen molar-refractivity contribution in [1.29, 1.82) is 0 Å². The molecule has 1 atom stereocenters. The van der Waals surface area contributed by atoms with Gasteiger partial charge in [0.1, 0.15) is 5.82 Å². The van der Waals surface area contributed by atoms with Gasteiger partial charge in [-0.15, -0.1) is 5.10 Å². The molecule has 1 aliphatic rings. The van der Waals surface area contributed by atoms with E-state index in [9.17, 15) is 17.2 Å². The van der Waals surface area contributed by atoms with Gasteiger partial charge >= 0.3 is 0 Å². The molecule has 3 aromatic heterocycles. The average Bonchev–Trinajstić information content (AvgIpc) is 3.48. The summed E-state index contributed by atoms with van der Waals surface area (Å²) in [5, 5.41) is 6.34. The van der Waals surface area contributed by atoms with Crippen molar-refractivity contribution in [1.82, 2.24) is 24.5 Å². The Hall–Kier alpha value is -3.54. The summed E-state index contributed by atoms with van der Waals surface area (Å²) in [6, 6.07) is 12.9. The molecule has 0 aliphatic heterocycles. The normalized spacial score (nSPS) is 17.0. The molecule has 43 heavy (non-hydrogen) atoms.